The number of hydrogen-bond donors (Lipinski definition) is 2. The van der Waals surface area contributed by atoms with Crippen LogP contribution in [-0.2, 0) is 0 Å². The number of rotatable bonds is 5. The summed E-state index contributed by atoms with van der Waals surface area (Å²) in [6.45, 7) is 3.63. The third-order valence-electron chi connectivity index (χ3n) is 1.87. The van der Waals surface area contributed by atoms with Gasteiger partial charge in [0.2, 0.25) is 0 Å². The van der Waals surface area contributed by atoms with Crippen LogP contribution in [0, 0.1) is 5.92 Å². The van der Waals surface area contributed by atoms with E-state index >= 15 is 0 Å². The average molecular weight is 143 g/mol. The van der Waals surface area contributed by atoms with Gasteiger partial charge in [-0.15, -0.1) is 0 Å². The van der Waals surface area contributed by atoms with Crippen LogP contribution in [0.1, 0.15) is 26.2 Å². The van der Waals surface area contributed by atoms with E-state index in [-0.39, 0.29) is 6.10 Å². The van der Waals surface area contributed by atoms with Gasteiger partial charge in [-0.1, -0.05) is 12.8 Å². The quantitative estimate of drug-likeness (QED) is 0.557. The molecule has 1 saturated carbocycles. The first-order valence-electron chi connectivity index (χ1n) is 4.18. The fourth-order valence-electron chi connectivity index (χ4n) is 1.02. The van der Waals surface area contributed by atoms with Crippen LogP contribution in [-0.4, -0.2) is 24.3 Å². The lowest BCUT2D eigenvalue weighted by atomic mass is 10.3. The Hall–Kier alpha value is -0.0800. The number of nitrogens with one attached hydrogen (secondary N) is 1. The van der Waals surface area contributed by atoms with Gasteiger partial charge in [0.1, 0.15) is 0 Å². The summed E-state index contributed by atoms with van der Waals surface area (Å²) in [5.74, 6) is 1.00. The second kappa shape index (κ2) is 3.94. The lowest BCUT2D eigenvalue weighted by molar-refractivity contribution is 0.191. The van der Waals surface area contributed by atoms with Crippen LogP contribution in [0.5, 0.6) is 0 Å². The van der Waals surface area contributed by atoms with Gasteiger partial charge in [-0.3, -0.25) is 0 Å². The molecule has 0 aromatic carbocycles. The summed E-state index contributed by atoms with van der Waals surface area (Å²) in [4.78, 5) is 0. The third kappa shape index (κ3) is 3.85. The maximum atomic E-state index is 8.87. The fraction of sp³-hybridized carbons (Fsp3) is 1.00. The zero-order valence-corrected chi connectivity index (χ0v) is 6.64. The van der Waals surface area contributed by atoms with Crippen molar-refractivity contribution in [1.82, 2.24) is 5.32 Å². The molecule has 1 fully saturated rings. The summed E-state index contributed by atoms with van der Waals surface area (Å²) in [6, 6.07) is 0. The molecule has 2 heteroatoms. The van der Waals surface area contributed by atoms with E-state index in [0.29, 0.717) is 0 Å². The van der Waals surface area contributed by atoms with E-state index in [1.807, 2.05) is 6.92 Å². The molecule has 0 radical (unpaired) electrons. The standard InChI is InChI=1S/C8H17NO/c1-7(10)6-9-5-4-8-2-3-8/h7-10H,2-6H2,1H3/t7-/m1/s1. The SMILES string of the molecule is C[C@@H](O)CNCCC1CC1. The van der Waals surface area contributed by atoms with Gasteiger partial charge in [0.25, 0.3) is 0 Å². The van der Waals surface area contributed by atoms with Crippen molar-refractivity contribution in [3.8, 4) is 0 Å². The van der Waals surface area contributed by atoms with Gasteiger partial charge in [-0.05, 0) is 25.8 Å². The van der Waals surface area contributed by atoms with E-state index in [1.165, 1.54) is 19.3 Å². The van der Waals surface area contributed by atoms with Crippen LogP contribution in [0.2, 0.25) is 0 Å². The normalized spacial score (nSPS) is 21.0. The molecule has 1 rings (SSSR count). The molecule has 0 spiro atoms. The Morgan fingerprint density at radius 2 is 2.30 bits per heavy atom. The lowest BCUT2D eigenvalue weighted by Gasteiger charge is -2.05. The number of hydrogen-bond acceptors (Lipinski definition) is 2. The second-order valence-corrected chi connectivity index (χ2v) is 3.29. The van der Waals surface area contributed by atoms with Gasteiger partial charge in [0.15, 0.2) is 0 Å². The highest BCUT2D eigenvalue weighted by Crippen LogP contribution is 2.31. The predicted octanol–water partition coefficient (Wildman–Crippen LogP) is 0.757. The van der Waals surface area contributed by atoms with Crippen LogP contribution in [0.25, 0.3) is 0 Å². The third-order valence-corrected chi connectivity index (χ3v) is 1.87. The summed E-state index contributed by atoms with van der Waals surface area (Å²) in [5.41, 5.74) is 0. The molecule has 0 aliphatic heterocycles. The van der Waals surface area contributed by atoms with Crippen molar-refractivity contribution in [3.05, 3.63) is 0 Å². The van der Waals surface area contributed by atoms with E-state index in [4.69, 9.17) is 5.11 Å². The maximum Gasteiger partial charge on any atom is 0.0636 e. The Bertz CT molecular complexity index is 85.3. The van der Waals surface area contributed by atoms with E-state index in [9.17, 15) is 0 Å². The van der Waals surface area contributed by atoms with Gasteiger partial charge in [0, 0.05) is 6.54 Å². The highest BCUT2D eigenvalue weighted by molar-refractivity contribution is 4.73. The van der Waals surface area contributed by atoms with Gasteiger partial charge >= 0.3 is 0 Å². The van der Waals surface area contributed by atoms with Gasteiger partial charge in [0.05, 0.1) is 6.10 Å². The minimum Gasteiger partial charge on any atom is -0.392 e. The first-order valence-corrected chi connectivity index (χ1v) is 4.18. The van der Waals surface area contributed by atoms with Crippen LogP contribution < -0.4 is 5.32 Å². The summed E-state index contributed by atoms with van der Waals surface area (Å²) in [5, 5.41) is 12.1. The molecule has 0 aromatic rings. The van der Waals surface area contributed by atoms with Crippen molar-refractivity contribution < 1.29 is 5.11 Å². The molecule has 2 nitrogen and oxygen atoms in total. The molecule has 10 heavy (non-hydrogen) atoms. The highest BCUT2D eigenvalue weighted by Gasteiger charge is 2.19. The fourth-order valence-corrected chi connectivity index (χ4v) is 1.02. The molecule has 0 unspecified atom stereocenters. The van der Waals surface area contributed by atoms with Crippen molar-refractivity contribution >= 4 is 0 Å². The summed E-state index contributed by atoms with van der Waals surface area (Å²) >= 11 is 0. The average Bonchev–Trinajstić information content (AvgIpc) is 2.62. The summed E-state index contributed by atoms with van der Waals surface area (Å²) < 4.78 is 0. The van der Waals surface area contributed by atoms with Gasteiger partial charge < -0.3 is 10.4 Å². The zero-order chi connectivity index (χ0) is 7.40. The largest absolute Gasteiger partial charge is 0.392 e. The molecule has 0 aromatic heterocycles. The molecule has 0 bridgehead atoms. The first kappa shape index (κ1) is 8.02. The van der Waals surface area contributed by atoms with Crippen LogP contribution >= 0.6 is 0 Å². The van der Waals surface area contributed by atoms with E-state index in [1.54, 1.807) is 0 Å². The van der Waals surface area contributed by atoms with E-state index < -0.39 is 0 Å². The van der Waals surface area contributed by atoms with Crippen molar-refractivity contribution in [2.24, 2.45) is 5.92 Å². The van der Waals surface area contributed by atoms with Gasteiger partial charge in [-0.25, -0.2) is 0 Å². The molecule has 1 aliphatic carbocycles. The van der Waals surface area contributed by atoms with E-state index in [2.05, 4.69) is 5.32 Å². The molecule has 0 amide bonds. The maximum absolute atomic E-state index is 8.87. The summed E-state index contributed by atoms with van der Waals surface area (Å²) in [7, 11) is 0. The van der Waals surface area contributed by atoms with Crippen molar-refractivity contribution in [2.45, 2.75) is 32.3 Å². The second-order valence-electron chi connectivity index (χ2n) is 3.29. The molecule has 1 atom stereocenters. The Morgan fingerprint density at radius 1 is 1.60 bits per heavy atom. The minimum atomic E-state index is -0.195. The summed E-state index contributed by atoms with van der Waals surface area (Å²) in [6.07, 6.45) is 3.96. The Balaban J connectivity index is 1.76. The highest BCUT2D eigenvalue weighted by atomic mass is 16.3. The van der Waals surface area contributed by atoms with Crippen molar-refractivity contribution in [3.63, 3.8) is 0 Å². The molecule has 1 aliphatic rings. The van der Waals surface area contributed by atoms with Gasteiger partial charge in [-0.2, -0.15) is 0 Å². The monoisotopic (exact) mass is 143 g/mol. The number of aliphatic hydroxyl groups excluding tert-OH is 1. The molecule has 2 N–H and O–H groups in total. The molecular formula is C8H17NO. The number of aliphatic hydroxyl groups is 1. The lowest BCUT2D eigenvalue weighted by Crippen LogP contribution is -2.25. The zero-order valence-electron chi connectivity index (χ0n) is 6.64. The Morgan fingerprint density at radius 3 is 2.80 bits per heavy atom. The van der Waals surface area contributed by atoms with Crippen LogP contribution in [0.15, 0.2) is 0 Å². The molecule has 60 valence electrons. The van der Waals surface area contributed by atoms with Crippen molar-refractivity contribution in [2.75, 3.05) is 13.1 Å². The molecule has 0 heterocycles. The predicted molar refractivity (Wildman–Crippen MR) is 41.9 cm³/mol. The molecule has 0 saturated heterocycles. The topological polar surface area (TPSA) is 32.3 Å². The Labute approximate surface area is 62.6 Å². The molecular weight excluding hydrogens is 126 g/mol. The van der Waals surface area contributed by atoms with E-state index in [0.717, 1.165) is 19.0 Å². The van der Waals surface area contributed by atoms with Crippen LogP contribution in [0.3, 0.4) is 0 Å². The van der Waals surface area contributed by atoms with Crippen LogP contribution in [0.4, 0.5) is 0 Å². The van der Waals surface area contributed by atoms with Crippen molar-refractivity contribution in [1.29, 1.82) is 0 Å². The first-order chi connectivity index (χ1) is 4.79. The minimum absolute atomic E-state index is 0.195. The smallest absolute Gasteiger partial charge is 0.0636 e. The Kier molecular flexibility index (Phi) is 3.16.